The first-order valence-corrected chi connectivity index (χ1v) is 12.2. The van der Waals surface area contributed by atoms with Crippen molar-refractivity contribution >= 4 is 36.0 Å². The summed E-state index contributed by atoms with van der Waals surface area (Å²) in [7, 11) is 0. The number of amides is 3. The van der Waals surface area contributed by atoms with Gasteiger partial charge in [0.15, 0.2) is 0 Å². The zero-order chi connectivity index (χ0) is 23.7. The van der Waals surface area contributed by atoms with Gasteiger partial charge in [0.1, 0.15) is 6.04 Å². The van der Waals surface area contributed by atoms with Gasteiger partial charge in [0.05, 0.1) is 5.41 Å². The molecule has 3 amide bonds. The van der Waals surface area contributed by atoms with Crippen LogP contribution in [0.15, 0.2) is 60.7 Å². The van der Waals surface area contributed by atoms with E-state index in [9.17, 15) is 14.4 Å². The predicted octanol–water partition coefficient (Wildman–Crippen LogP) is 3.74. The van der Waals surface area contributed by atoms with Crippen LogP contribution in [0.4, 0.5) is 5.69 Å². The van der Waals surface area contributed by atoms with Crippen LogP contribution < -0.4 is 16.0 Å². The molecular weight excluding hydrogens is 434 g/mol. The molecular formula is C26H33N3O3S. The third-order valence-corrected chi connectivity index (χ3v) is 6.96. The lowest BCUT2D eigenvalue weighted by Gasteiger charge is -2.39. The van der Waals surface area contributed by atoms with Crippen molar-refractivity contribution in [3.8, 4) is 0 Å². The summed E-state index contributed by atoms with van der Waals surface area (Å²) in [5.74, 6) is 0.0212. The van der Waals surface area contributed by atoms with Crippen LogP contribution in [0, 0.1) is 5.41 Å². The van der Waals surface area contributed by atoms with Crippen LogP contribution in [-0.4, -0.2) is 35.6 Å². The van der Waals surface area contributed by atoms with Crippen LogP contribution in [0.3, 0.4) is 0 Å². The molecule has 7 heteroatoms. The summed E-state index contributed by atoms with van der Waals surface area (Å²) in [6, 6.07) is 18.3. The summed E-state index contributed by atoms with van der Waals surface area (Å²) >= 11 is 4.51. The second-order valence-corrected chi connectivity index (χ2v) is 9.02. The van der Waals surface area contributed by atoms with E-state index in [0.29, 0.717) is 37.1 Å². The van der Waals surface area contributed by atoms with Crippen LogP contribution in [0.25, 0.3) is 0 Å². The molecule has 176 valence electrons. The number of hydrogen-bond acceptors (Lipinski definition) is 4. The third kappa shape index (κ3) is 6.84. The van der Waals surface area contributed by atoms with Crippen molar-refractivity contribution in [2.45, 2.75) is 57.5 Å². The first-order chi connectivity index (χ1) is 16.0. The summed E-state index contributed by atoms with van der Waals surface area (Å²) < 4.78 is 0. The molecule has 1 fully saturated rings. The number of hydrogen-bond donors (Lipinski definition) is 4. The minimum atomic E-state index is -0.714. The van der Waals surface area contributed by atoms with E-state index in [1.807, 2.05) is 67.6 Å². The van der Waals surface area contributed by atoms with E-state index in [0.717, 1.165) is 18.4 Å². The Kier molecular flexibility index (Phi) is 8.95. The van der Waals surface area contributed by atoms with Crippen molar-refractivity contribution in [3.05, 3.63) is 66.2 Å². The predicted molar refractivity (Wildman–Crippen MR) is 134 cm³/mol. The molecule has 1 aliphatic rings. The maximum absolute atomic E-state index is 13.5. The van der Waals surface area contributed by atoms with E-state index in [2.05, 4.69) is 28.6 Å². The van der Waals surface area contributed by atoms with E-state index >= 15 is 0 Å². The van der Waals surface area contributed by atoms with Gasteiger partial charge in [-0.05, 0) is 43.4 Å². The molecule has 0 spiro atoms. The standard InChI is InChI=1S/C26H33N3O3S/c1-2-23(30)27-21-13-15-26(18-33,16-14-21)25(32)29-22(17-19-9-5-3-6-10-19)24(31)28-20-11-7-4-8-12-20/h3-12,21-22,33H,2,13-18H2,1H3,(H,27,30)(H,28,31)(H,29,32)/t21-,22-,26+/m0/s1. The van der Waals surface area contributed by atoms with Crippen molar-refractivity contribution in [1.29, 1.82) is 0 Å². The maximum atomic E-state index is 13.5. The largest absolute Gasteiger partial charge is 0.353 e. The summed E-state index contributed by atoms with van der Waals surface area (Å²) in [4.78, 5) is 38.3. The van der Waals surface area contributed by atoms with Gasteiger partial charge in [0, 0.05) is 30.3 Å². The number of rotatable bonds is 9. The number of nitrogens with one attached hydrogen (secondary N) is 3. The number of thiol groups is 1. The van der Waals surface area contributed by atoms with Crippen molar-refractivity contribution in [1.82, 2.24) is 10.6 Å². The Morgan fingerprint density at radius 2 is 1.61 bits per heavy atom. The highest BCUT2D eigenvalue weighted by Crippen LogP contribution is 2.38. The van der Waals surface area contributed by atoms with Crippen LogP contribution in [-0.2, 0) is 20.8 Å². The molecule has 0 bridgehead atoms. The second kappa shape index (κ2) is 11.9. The molecule has 0 unspecified atom stereocenters. The number of carbonyl (C=O) groups is 3. The smallest absolute Gasteiger partial charge is 0.247 e. The van der Waals surface area contributed by atoms with Gasteiger partial charge < -0.3 is 16.0 Å². The molecule has 1 atom stereocenters. The van der Waals surface area contributed by atoms with Gasteiger partial charge in [-0.15, -0.1) is 0 Å². The van der Waals surface area contributed by atoms with E-state index in [-0.39, 0.29) is 23.8 Å². The molecule has 2 aromatic rings. The topological polar surface area (TPSA) is 87.3 Å². The van der Waals surface area contributed by atoms with Crippen LogP contribution >= 0.6 is 12.6 Å². The number of carbonyl (C=O) groups excluding carboxylic acids is 3. The molecule has 0 saturated heterocycles. The monoisotopic (exact) mass is 467 g/mol. The van der Waals surface area contributed by atoms with E-state index in [1.165, 1.54) is 0 Å². The van der Waals surface area contributed by atoms with Crippen molar-refractivity contribution < 1.29 is 14.4 Å². The average molecular weight is 468 g/mol. The lowest BCUT2D eigenvalue weighted by molar-refractivity contribution is -0.135. The highest BCUT2D eigenvalue weighted by Gasteiger charge is 2.42. The Balaban J connectivity index is 1.71. The van der Waals surface area contributed by atoms with Gasteiger partial charge in [-0.25, -0.2) is 0 Å². The van der Waals surface area contributed by atoms with Crippen molar-refractivity contribution in [2.24, 2.45) is 5.41 Å². The van der Waals surface area contributed by atoms with Gasteiger partial charge in [-0.1, -0.05) is 55.5 Å². The van der Waals surface area contributed by atoms with Crippen molar-refractivity contribution in [3.63, 3.8) is 0 Å². The highest BCUT2D eigenvalue weighted by molar-refractivity contribution is 7.80. The van der Waals surface area contributed by atoms with E-state index in [1.54, 1.807) is 0 Å². The minimum absolute atomic E-state index is 0.0309. The summed E-state index contributed by atoms with van der Waals surface area (Å²) in [6.07, 6.45) is 3.53. The fraction of sp³-hybridized carbons (Fsp3) is 0.423. The Hall–Kier alpha value is -2.80. The molecule has 0 aliphatic heterocycles. The summed E-state index contributed by atoms with van der Waals surface area (Å²) in [5.41, 5.74) is 1.00. The summed E-state index contributed by atoms with van der Waals surface area (Å²) in [6.45, 7) is 1.83. The Bertz CT molecular complexity index is 928. The van der Waals surface area contributed by atoms with Gasteiger partial charge in [-0.3, -0.25) is 14.4 Å². The highest BCUT2D eigenvalue weighted by atomic mass is 32.1. The van der Waals surface area contributed by atoms with Crippen molar-refractivity contribution in [2.75, 3.05) is 11.1 Å². The maximum Gasteiger partial charge on any atom is 0.247 e. The first kappa shape index (κ1) is 24.8. The number of anilines is 1. The Morgan fingerprint density at radius 1 is 1.00 bits per heavy atom. The lowest BCUT2D eigenvalue weighted by Crippen LogP contribution is -2.54. The molecule has 3 N–H and O–H groups in total. The molecule has 0 radical (unpaired) electrons. The number of para-hydroxylation sites is 1. The second-order valence-electron chi connectivity index (χ2n) is 8.70. The third-order valence-electron chi connectivity index (χ3n) is 6.36. The van der Waals surface area contributed by atoms with Crippen LogP contribution in [0.5, 0.6) is 0 Å². The zero-order valence-corrected chi connectivity index (χ0v) is 19.9. The average Bonchev–Trinajstić information content (AvgIpc) is 2.85. The molecule has 0 aromatic heterocycles. The Morgan fingerprint density at radius 3 is 2.18 bits per heavy atom. The molecule has 33 heavy (non-hydrogen) atoms. The lowest BCUT2D eigenvalue weighted by atomic mass is 9.72. The Labute approximate surface area is 201 Å². The van der Waals surface area contributed by atoms with Gasteiger partial charge in [0.25, 0.3) is 0 Å². The molecule has 1 aliphatic carbocycles. The van der Waals surface area contributed by atoms with Gasteiger partial charge in [0.2, 0.25) is 17.7 Å². The first-order valence-electron chi connectivity index (χ1n) is 11.6. The van der Waals surface area contributed by atoms with Crippen LogP contribution in [0.2, 0.25) is 0 Å². The normalized spacial score (nSPS) is 21.0. The fourth-order valence-corrected chi connectivity index (χ4v) is 4.68. The van der Waals surface area contributed by atoms with Gasteiger partial charge >= 0.3 is 0 Å². The zero-order valence-electron chi connectivity index (χ0n) is 19.0. The molecule has 3 rings (SSSR count). The summed E-state index contributed by atoms with van der Waals surface area (Å²) in [5, 5.41) is 8.97. The molecule has 1 saturated carbocycles. The van der Waals surface area contributed by atoms with E-state index < -0.39 is 11.5 Å². The number of benzene rings is 2. The molecule has 0 heterocycles. The van der Waals surface area contributed by atoms with Gasteiger partial charge in [-0.2, -0.15) is 12.6 Å². The SMILES string of the molecule is CCC(=O)N[C@H]1CC[C@@](CS)(C(=O)N[C@@H](Cc2ccccc2)C(=O)Nc2ccccc2)CC1. The molecule has 6 nitrogen and oxygen atoms in total. The minimum Gasteiger partial charge on any atom is -0.353 e. The fourth-order valence-electron chi connectivity index (χ4n) is 4.22. The van der Waals surface area contributed by atoms with Crippen LogP contribution in [0.1, 0.15) is 44.6 Å². The molecule has 2 aromatic carbocycles. The quantitative estimate of drug-likeness (QED) is 0.424. The van der Waals surface area contributed by atoms with E-state index in [4.69, 9.17) is 0 Å².